The van der Waals surface area contributed by atoms with Crippen molar-refractivity contribution in [2.24, 2.45) is 7.05 Å². The van der Waals surface area contributed by atoms with Crippen molar-refractivity contribution in [2.45, 2.75) is 44.1 Å². The van der Waals surface area contributed by atoms with Gasteiger partial charge in [-0.3, -0.25) is 14.4 Å². The fourth-order valence-corrected chi connectivity index (χ4v) is 3.40. The van der Waals surface area contributed by atoms with Crippen LogP contribution in [0.2, 0.25) is 0 Å². The number of alkyl halides is 2. The Kier molecular flexibility index (Phi) is 4.16. The van der Waals surface area contributed by atoms with E-state index < -0.39 is 5.92 Å². The number of rotatable bonds is 2. The first kappa shape index (κ1) is 15.4. The fraction of sp³-hybridized carbons (Fsp3) is 0.733. The third-order valence-corrected chi connectivity index (χ3v) is 4.61. The molecule has 7 heteroatoms. The minimum Gasteiger partial charge on any atom is -0.308 e. The number of piperidine rings is 1. The molecule has 1 amide bonds. The Morgan fingerprint density at radius 2 is 2.05 bits per heavy atom. The highest BCUT2D eigenvalue weighted by molar-refractivity contribution is 5.97. The van der Waals surface area contributed by atoms with E-state index in [0.717, 1.165) is 18.5 Å². The van der Waals surface area contributed by atoms with Gasteiger partial charge in [-0.1, -0.05) is 0 Å². The van der Waals surface area contributed by atoms with E-state index in [4.69, 9.17) is 0 Å². The van der Waals surface area contributed by atoms with Gasteiger partial charge in [0.1, 0.15) is 0 Å². The van der Waals surface area contributed by atoms with E-state index in [2.05, 4.69) is 5.10 Å². The molecule has 1 unspecified atom stereocenters. The second-order valence-electron chi connectivity index (χ2n) is 6.27. The molecule has 1 aromatic rings. The number of carbonyl (C=O) groups is 1. The molecule has 2 aliphatic rings. The molecule has 22 heavy (non-hydrogen) atoms. The fourth-order valence-electron chi connectivity index (χ4n) is 3.40. The second kappa shape index (κ2) is 5.95. The first-order valence-corrected chi connectivity index (χ1v) is 7.88. The zero-order valence-electron chi connectivity index (χ0n) is 12.8. The van der Waals surface area contributed by atoms with Gasteiger partial charge < -0.3 is 4.90 Å². The maximum absolute atomic E-state index is 13.5. The van der Waals surface area contributed by atoms with E-state index in [9.17, 15) is 13.6 Å². The third-order valence-electron chi connectivity index (χ3n) is 4.61. The van der Waals surface area contributed by atoms with E-state index >= 15 is 0 Å². The number of likely N-dealkylation sites (tertiary alicyclic amines) is 1. The van der Waals surface area contributed by atoms with Gasteiger partial charge in [-0.05, 0) is 25.8 Å². The summed E-state index contributed by atoms with van der Waals surface area (Å²) in [4.78, 5) is 16.5. The molecule has 2 fully saturated rings. The Morgan fingerprint density at radius 3 is 2.77 bits per heavy atom. The Bertz CT molecular complexity index is 545. The molecule has 2 saturated heterocycles. The summed E-state index contributed by atoms with van der Waals surface area (Å²) in [5.74, 6) is -2.57. The van der Waals surface area contributed by atoms with Crippen molar-refractivity contribution in [1.82, 2.24) is 14.7 Å². The van der Waals surface area contributed by atoms with E-state index in [1.54, 1.807) is 15.8 Å². The normalized spacial score (nSPS) is 27.0. The predicted molar refractivity (Wildman–Crippen MR) is 79.0 cm³/mol. The van der Waals surface area contributed by atoms with E-state index in [0.29, 0.717) is 26.1 Å². The number of aromatic nitrogens is 2. The van der Waals surface area contributed by atoms with Crippen LogP contribution in [0.3, 0.4) is 0 Å². The van der Waals surface area contributed by atoms with Gasteiger partial charge in [0.15, 0.2) is 0 Å². The molecular formula is C15H22F2N4O. The molecule has 3 rings (SSSR count). The van der Waals surface area contributed by atoms with Crippen molar-refractivity contribution in [3.8, 4) is 0 Å². The quantitative estimate of drug-likeness (QED) is 0.839. The summed E-state index contributed by atoms with van der Waals surface area (Å²) in [6.07, 6.45) is 5.36. The average Bonchev–Trinajstić information content (AvgIpc) is 2.81. The first-order valence-electron chi connectivity index (χ1n) is 7.88. The van der Waals surface area contributed by atoms with E-state index in [-0.39, 0.29) is 24.8 Å². The van der Waals surface area contributed by atoms with Crippen LogP contribution in [-0.2, 0) is 11.8 Å². The molecule has 0 spiro atoms. The number of amides is 1. The van der Waals surface area contributed by atoms with Crippen molar-refractivity contribution in [2.75, 3.05) is 24.5 Å². The Morgan fingerprint density at radius 1 is 1.23 bits per heavy atom. The average molecular weight is 312 g/mol. The number of aryl methyl sites for hydroxylation is 1. The highest BCUT2D eigenvalue weighted by Crippen LogP contribution is 2.30. The van der Waals surface area contributed by atoms with Crippen LogP contribution in [-0.4, -0.2) is 52.2 Å². The van der Waals surface area contributed by atoms with Crippen LogP contribution in [0.1, 0.15) is 32.1 Å². The predicted octanol–water partition coefficient (Wildman–Crippen LogP) is 2.04. The molecule has 1 atom stereocenters. The maximum Gasteiger partial charge on any atom is 0.249 e. The van der Waals surface area contributed by atoms with Gasteiger partial charge in [0.2, 0.25) is 11.8 Å². The van der Waals surface area contributed by atoms with Crippen LogP contribution in [0.15, 0.2) is 12.4 Å². The minimum absolute atomic E-state index is 0.0180. The van der Waals surface area contributed by atoms with Gasteiger partial charge in [0.05, 0.1) is 17.9 Å². The lowest BCUT2D eigenvalue weighted by Crippen LogP contribution is -2.53. The number of nitrogens with zero attached hydrogens (tertiary/aromatic N) is 4. The number of carbonyl (C=O) groups excluding carboxylic acids is 1. The van der Waals surface area contributed by atoms with Gasteiger partial charge in [-0.25, -0.2) is 8.78 Å². The van der Waals surface area contributed by atoms with Gasteiger partial charge in [0, 0.05) is 39.2 Å². The van der Waals surface area contributed by atoms with Crippen LogP contribution >= 0.6 is 0 Å². The van der Waals surface area contributed by atoms with Crippen LogP contribution in [0, 0.1) is 0 Å². The van der Waals surface area contributed by atoms with Gasteiger partial charge in [0.25, 0.3) is 0 Å². The lowest BCUT2D eigenvalue weighted by Gasteiger charge is -2.37. The van der Waals surface area contributed by atoms with Crippen molar-refractivity contribution in [3.05, 3.63) is 12.4 Å². The first-order chi connectivity index (χ1) is 10.5. The Hall–Kier alpha value is -1.50. The molecule has 0 aliphatic carbocycles. The molecule has 0 bridgehead atoms. The number of anilines is 1. The summed E-state index contributed by atoms with van der Waals surface area (Å²) in [6, 6.07) is -0.275. The number of hydrogen-bond donors (Lipinski definition) is 0. The van der Waals surface area contributed by atoms with Gasteiger partial charge in [-0.2, -0.15) is 5.10 Å². The molecule has 122 valence electrons. The number of hydrogen-bond acceptors (Lipinski definition) is 3. The summed E-state index contributed by atoms with van der Waals surface area (Å²) in [7, 11) is 1.81. The van der Waals surface area contributed by atoms with Gasteiger partial charge in [-0.15, -0.1) is 0 Å². The molecule has 0 radical (unpaired) electrons. The van der Waals surface area contributed by atoms with Crippen LogP contribution in [0.4, 0.5) is 14.5 Å². The Labute approximate surface area is 128 Å². The summed E-state index contributed by atoms with van der Waals surface area (Å²) in [5.41, 5.74) is 0.789. The highest BCUT2D eigenvalue weighted by atomic mass is 19.3. The smallest absolute Gasteiger partial charge is 0.249 e. The van der Waals surface area contributed by atoms with Crippen molar-refractivity contribution < 1.29 is 13.6 Å². The molecule has 3 heterocycles. The van der Waals surface area contributed by atoms with Crippen molar-refractivity contribution in [3.63, 3.8) is 0 Å². The third kappa shape index (κ3) is 3.14. The van der Waals surface area contributed by atoms with Crippen LogP contribution in [0.5, 0.6) is 0 Å². The van der Waals surface area contributed by atoms with Crippen molar-refractivity contribution >= 4 is 11.6 Å². The van der Waals surface area contributed by atoms with E-state index in [1.165, 1.54) is 0 Å². The minimum atomic E-state index is -2.59. The molecule has 1 aromatic heterocycles. The summed E-state index contributed by atoms with van der Waals surface area (Å²) >= 11 is 0. The maximum atomic E-state index is 13.5. The highest BCUT2D eigenvalue weighted by Gasteiger charge is 2.38. The zero-order valence-corrected chi connectivity index (χ0v) is 12.8. The SMILES string of the molecule is Cn1cc(N2CCCC(N3CCCC(F)(F)CC3)C2=O)cn1. The molecular weight excluding hydrogens is 290 g/mol. The van der Waals surface area contributed by atoms with Gasteiger partial charge >= 0.3 is 0 Å². The lowest BCUT2D eigenvalue weighted by atomic mass is 10.0. The molecule has 2 aliphatic heterocycles. The monoisotopic (exact) mass is 312 g/mol. The zero-order chi connectivity index (χ0) is 15.7. The summed E-state index contributed by atoms with van der Waals surface area (Å²) < 4.78 is 28.7. The van der Waals surface area contributed by atoms with Crippen LogP contribution < -0.4 is 4.90 Å². The van der Waals surface area contributed by atoms with Crippen LogP contribution in [0.25, 0.3) is 0 Å². The van der Waals surface area contributed by atoms with E-state index in [1.807, 2.05) is 18.1 Å². The molecule has 5 nitrogen and oxygen atoms in total. The topological polar surface area (TPSA) is 41.4 Å². The largest absolute Gasteiger partial charge is 0.308 e. The Balaban J connectivity index is 1.72. The second-order valence-corrected chi connectivity index (χ2v) is 6.27. The lowest BCUT2D eigenvalue weighted by molar-refractivity contribution is -0.125. The number of halogens is 2. The summed E-state index contributed by atoms with van der Waals surface area (Å²) in [6.45, 7) is 1.54. The molecule has 0 saturated carbocycles. The van der Waals surface area contributed by atoms with Crippen molar-refractivity contribution in [1.29, 1.82) is 0 Å². The molecule has 0 N–H and O–H groups in total. The molecule has 0 aromatic carbocycles. The standard InChI is InChI=1S/C15H22F2N4O/c1-19-11-12(10-18-19)21-8-2-4-13(14(21)22)20-7-3-5-15(16,17)6-9-20/h10-11,13H,2-9H2,1H3. The summed E-state index contributed by atoms with van der Waals surface area (Å²) in [5, 5.41) is 4.11.